The molecule has 5 atom stereocenters. The Labute approximate surface area is 266 Å². The summed E-state index contributed by atoms with van der Waals surface area (Å²) in [6.07, 6.45) is 3.63. The maximum Gasteiger partial charge on any atom is 0.303 e. The summed E-state index contributed by atoms with van der Waals surface area (Å²) in [5.41, 5.74) is 7.52. The summed E-state index contributed by atoms with van der Waals surface area (Å²) in [5, 5.41) is 36.0. The summed E-state index contributed by atoms with van der Waals surface area (Å²) >= 11 is 1.38. The van der Waals surface area contributed by atoms with E-state index in [2.05, 4.69) is 15.6 Å². The number of rotatable bonds is 14. The molecule has 0 bridgehead atoms. The first-order chi connectivity index (χ1) is 21.4. The van der Waals surface area contributed by atoms with Crippen LogP contribution in [-0.4, -0.2) is 79.5 Å². The molecule has 242 valence electrons. The number of aromatic amines is 1. The van der Waals surface area contributed by atoms with E-state index in [1.54, 1.807) is 6.08 Å². The molecule has 0 aromatic carbocycles. The average molecular weight is 640 g/mol. The number of allylic oxidation sites excluding steroid dienone is 2. The molecule has 0 aliphatic carbocycles. The van der Waals surface area contributed by atoms with Gasteiger partial charge >= 0.3 is 11.9 Å². The number of amides is 2. The van der Waals surface area contributed by atoms with Crippen LogP contribution in [0.3, 0.4) is 0 Å². The minimum Gasteiger partial charge on any atom is -0.481 e. The van der Waals surface area contributed by atoms with Gasteiger partial charge in [-0.25, -0.2) is 0 Å². The van der Waals surface area contributed by atoms with E-state index in [-0.39, 0.29) is 55.6 Å². The Morgan fingerprint density at radius 2 is 1.73 bits per heavy atom. The normalized spacial score (nSPS) is 27.0. The van der Waals surface area contributed by atoms with Crippen molar-refractivity contribution in [1.29, 1.82) is 0 Å². The summed E-state index contributed by atoms with van der Waals surface area (Å²) < 4.78 is 0. The summed E-state index contributed by atoms with van der Waals surface area (Å²) in [4.78, 5) is 56.8. The summed E-state index contributed by atoms with van der Waals surface area (Å²) in [5.74, 6) is -0.644. The standard InChI is InChI=1S/C33H42N4O7S/c1-5-18-15(2)23(36-33(18)44)10-26-21(13-38)20(7-9-30(41)42)25(35-26)12-24-19(6-8-29(39)40)16(3)22(34-24)11-27-31(28-14-45-28)17(4)32(43)37-27/h10,17,25,27-28,31,34,38H,5-9,11-14H2,1-4H3,(H,36,44)(H,37,43)(H,39,40)(H,41,42)/p+1/b23-10-/t17-,25?,27?,28-,31-/m1/s1. The maximum absolute atomic E-state index is 12.6. The highest BCUT2D eigenvalue weighted by atomic mass is 32.2. The van der Waals surface area contributed by atoms with Gasteiger partial charge in [0.15, 0.2) is 11.0 Å². The second-order valence-electron chi connectivity index (χ2n) is 12.5. The van der Waals surface area contributed by atoms with E-state index in [0.717, 1.165) is 39.4 Å². The van der Waals surface area contributed by atoms with Crippen LogP contribution in [0.5, 0.6) is 0 Å². The molecule has 5 rings (SSSR count). The highest BCUT2D eigenvalue weighted by Crippen LogP contribution is 2.38. The second kappa shape index (κ2) is 13.4. The third-order valence-electron chi connectivity index (χ3n) is 9.78. The van der Waals surface area contributed by atoms with Crippen LogP contribution < -0.4 is 10.6 Å². The number of carboxylic acid groups (broad SMARTS) is 2. The number of carbonyl (C=O) groups is 4. The molecule has 4 aliphatic rings. The SMILES string of the molecule is CCC1=C(C)/C(=C/C2=NC(Cc3[nH]c(CC4NC(=O)[C@H](C)[C@H]4[C@H]4C[SH+]4)c(C)c3CCC(=O)O)C(CCC(=O)O)=C2CO)NC1=O. The molecule has 6 N–H and O–H groups in total. The van der Waals surface area contributed by atoms with Crippen LogP contribution >= 0.6 is 0 Å². The van der Waals surface area contributed by atoms with Gasteiger partial charge in [-0.3, -0.25) is 24.2 Å². The number of carboxylic acids is 2. The van der Waals surface area contributed by atoms with Crippen LogP contribution in [0, 0.1) is 18.8 Å². The van der Waals surface area contributed by atoms with Crippen molar-refractivity contribution in [1.82, 2.24) is 15.6 Å². The number of aromatic nitrogens is 1. The van der Waals surface area contributed by atoms with Crippen molar-refractivity contribution in [3.8, 4) is 0 Å². The van der Waals surface area contributed by atoms with Crippen LogP contribution in [-0.2, 0) is 50.2 Å². The Morgan fingerprint density at radius 3 is 2.33 bits per heavy atom. The van der Waals surface area contributed by atoms with Crippen molar-refractivity contribution in [2.45, 2.75) is 90.0 Å². The molecule has 2 amide bonds. The van der Waals surface area contributed by atoms with Gasteiger partial charge in [0.2, 0.25) is 5.91 Å². The lowest BCUT2D eigenvalue weighted by Crippen LogP contribution is -2.33. The molecule has 2 unspecified atom stereocenters. The van der Waals surface area contributed by atoms with Crippen molar-refractivity contribution in [3.05, 3.63) is 56.6 Å². The molecule has 5 heterocycles. The van der Waals surface area contributed by atoms with Gasteiger partial charge < -0.3 is 30.9 Å². The van der Waals surface area contributed by atoms with Crippen LogP contribution in [0.25, 0.3) is 0 Å². The van der Waals surface area contributed by atoms with E-state index < -0.39 is 18.0 Å². The molecule has 2 fully saturated rings. The number of aliphatic imine (C=N–C) groups is 1. The van der Waals surface area contributed by atoms with E-state index in [1.165, 1.54) is 11.8 Å². The Morgan fingerprint density at radius 1 is 1.04 bits per heavy atom. The first-order valence-corrected chi connectivity index (χ1v) is 16.8. The zero-order valence-electron chi connectivity index (χ0n) is 26.2. The first-order valence-electron chi connectivity index (χ1n) is 15.7. The third kappa shape index (κ3) is 6.81. The van der Waals surface area contributed by atoms with Gasteiger partial charge in [-0.1, -0.05) is 13.8 Å². The van der Waals surface area contributed by atoms with E-state index in [0.29, 0.717) is 53.5 Å². The van der Waals surface area contributed by atoms with E-state index >= 15 is 0 Å². The van der Waals surface area contributed by atoms with E-state index in [4.69, 9.17) is 4.99 Å². The Hall–Kier alpha value is -3.64. The van der Waals surface area contributed by atoms with Gasteiger partial charge in [0, 0.05) is 71.8 Å². The molecule has 1 aromatic rings. The lowest BCUT2D eigenvalue weighted by atomic mass is 9.86. The predicted octanol–water partition coefficient (Wildman–Crippen LogP) is 2.09. The number of H-pyrrole nitrogens is 1. The number of hydrogen-bond donors (Lipinski definition) is 6. The summed E-state index contributed by atoms with van der Waals surface area (Å²) in [7, 11) is 0. The zero-order chi connectivity index (χ0) is 32.6. The topological polar surface area (TPSA) is 181 Å². The highest BCUT2D eigenvalue weighted by molar-refractivity contribution is 7.86. The van der Waals surface area contributed by atoms with Crippen molar-refractivity contribution >= 4 is 41.2 Å². The second-order valence-corrected chi connectivity index (χ2v) is 13.8. The molecular formula is C33H43N4O7S+. The lowest BCUT2D eigenvalue weighted by molar-refractivity contribution is -0.138. The number of aliphatic carboxylic acids is 2. The average Bonchev–Trinajstić information content (AvgIpc) is 3.53. The molecule has 0 radical (unpaired) electrons. The molecule has 1 aromatic heterocycles. The molecular weight excluding hydrogens is 596 g/mol. The molecule has 45 heavy (non-hydrogen) atoms. The van der Waals surface area contributed by atoms with E-state index in [1.807, 2.05) is 27.7 Å². The molecule has 0 saturated carbocycles. The molecule has 11 nitrogen and oxygen atoms in total. The third-order valence-corrected chi connectivity index (χ3v) is 10.9. The minimum absolute atomic E-state index is 0.00862. The molecule has 12 heteroatoms. The number of aliphatic hydroxyl groups excluding tert-OH is 1. The van der Waals surface area contributed by atoms with Crippen LogP contribution in [0.1, 0.15) is 69.0 Å². The van der Waals surface area contributed by atoms with Gasteiger partial charge in [0.05, 0.1) is 18.4 Å². The number of aliphatic hydroxyl groups is 1. The Kier molecular flexibility index (Phi) is 9.74. The molecule has 4 aliphatic heterocycles. The molecule has 2 saturated heterocycles. The van der Waals surface area contributed by atoms with Gasteiger partial charge in [-0.2, -0.15) is 0 Å². The van der Waals surface area contributed by atoms with Crippen LogP contribution in [0.4, 0.5) is 0 Å². The Balaban J connectivity index is 1.49. The quantitative estimate of drug-likeness (QED) is 0.102. The van der Waals surface area contributed by atoms with Crippen molar-refractivity contribution in [2.24, 2.45) is 16.8 Å². The lowest BCUT2D eigenvalue weighted by Gasteiger charge is -2.17. The summed E-state index contributed by atoms with van der Waals surface area (Å²) in [6, 6.07) is -0.491. The molecule has 0 spiro atoms. The highest BCUT2D eigenvalue weighted by Gasteiger charge is 2.54. The predicted molar refractivity (Wildman–Crippen MR) is 172 cm³/mol. The van der Waals surface area contributed by atoms with Gasteiger partial charge in [0.25, 0.3) is 5.91 Å². The van der Waals surface area contributed by atoms with Crippen molar-refractivity contribution in [3.63, 3.8) is 0 Å². The maximum atomic E-state index is 12.6. The number of nitrogens with zero attached hydrogens (tertiary/aromatic N) is 1. The smallest absolute Gasteiger partial charge is 0.303 e. The van der Waals surface area contributed by atoms with E-state index in [9.17, 15) is 34.5 Å². The first kappa shape index (κ1) is 32.7. The van der Waals surface area contributed by atoms with Gasteiger partial charge in [-0.05, 0) is 73.2 Å². The zero-order valence-corrected chi connectivity index (χ0v) is 27.1. The van der Waals surface area contributed by atoms with Crippen molar-refractivity contribution in [2.75, 3.05) is 12.4 Å². The van der Waals surface area contributed by atoms with Crippen molar-refractivity contribution < 1.29 is 34.5 Å². The number of nitrogens with one attached hydrogen (secondary N) is 3. The van der Waals surface area contributed by atoms with Gasteiger partial charge in [-0.15, -0.1) is 0 Å². The monoisotopic (exact) mass is 639 g/mol. The van der Waals surface area contributed by atoms with Crippen LogP contribution in [0.2, 0.25) is 0 Å². The van der Waals surface area contributed by atoms with Gasteiger partial charge in [0.1, 0.15) is 0 Å². The summed E-state index contributed by atoms with van der Waals surface area (Å²) in [6.45, 7) is 7.41. The van der Waals surface area contributed by atoms with Crippen LogP contribution in [0.15, 0.2) is 39.1 Å². The minimum atomic E-state index is -0.961. The largest absolute Gasteiger partial charge is 0.481 e. The fraction of sp³-hybridized carbons (Fsp3) is 0.545. The number of hydrogen-bond acceptors (Lipinski definition) is 6. The number of carbonyl (C=O) groups excluding carboxylic acids is 2. The fourth-order valence-electron chi connectivity index (χ4n) is 7.20. The Bertz CT molecular complexity index is 1550. The number of thiol groups is 1. The fourth-order valence-corrected chi connectivity index (χ4v) is 8.28.